The Hall–Kier alpha value is -1.84. The van der Waals surface area contributed by atoms with Crippen LogP contribution in [0.15, 0.2) is 24.3 Å². The molecule has 0 saturated heterocycles. The maximum Gasteiger partial charge on any atom is 0.306 e. The predicted molar refractivity (Wildman–Crippen MR) is 77.1 cm³/mol. The SMILES string of the molecule is C[C@@H](OC(=O)C[C@H](C)C1CC1)c1nc2ccccc2[nH]1. The molecule has 0 aliphatic heterocycles. The van der Waals surface area contributed by atoms with Crippen LogP contribution in [0.1, 0.15) is 45.0 Å². The minimum atomic E-state index is -0.332. The quantitative estimate of drug-likeness (QED) is 0.846. The number of rotatable bonds is 5. The Balaban J connectivity index is 1.62. The first-order valence-electron chi connectivity index (χ1n) is 7.27. The van der Waals surface area contributed by atoms with Crippen LogP contribution < -0.4 is 0 Å². The molecule has 1 aromatic heterocycles. The molecular formula is C16H20N2O2. The number of ether oxygens (including phenoxy) is 1. The zero-order valence-electron chi connectivity index (χ0n) is 11.9. The molecule has 1 N–H and O–H groups in total. The lowest BCUT2D eigenvalue weighted by Crippen LogP contribution is -2.14. The molecule has 1 aliphatic carbocycles. The van der Waals surface area contributed by atoms with E-state index in [1.54, 1.807) is 0 Å². The Morgan fingerprint density at radius 2 is 2.15 bits per heavy atom. The molecule has 2 aromatic rings. The van der Waals surface area contributed by atoms with Gasteiger partial charge in [-0.2, -0.15) is 0 Å². The molecule has 0 bridgehead atoms. The highest BCUT2D eigenvalue weighted by Gasteiger charge is 2.30. The van der Waals surface area contributed by atoms with Crippen molar-refractivity contribution in [3.8, 4) is 0 Å². The van der Waals surface area contributed by atoms with E-state index >= 15 is 0 Å². The number of nitrogens with one attached hydrogen (secondary N) is 1. The van der Waals surface area contributed by atoms with Gasteiger partial charge in [-0.3, -0.25) is 4.79 Å². The molecule has 2 atom stereocenters. The van der Waals surface area contributed by atoms with Gasteiger partial charge >= 0.3 is 5.97 Å². The third-order valence-electron chi connectivity index (χ3n) is 4.02. The second-order valence-corrected chi connectivity index (χ2v) is 5.79. The highest BCUT2D eigenvalue weighted by atomic mass is 16.5. The number of esters is 1. The average molecular weight is 272 g/mol. The van der Waals surface area contributed by atoms with Crippen molar-refractivity contribution in [1.82, 2.24) is 9.97 Å². The fraction of sp³-hybridized carbons (Fsp3) is 0.500. The van der Waals surface area contributed by atoms with Crippen molar-refractivity contribution in [3.05, 3.63) is 30.1 Å². The lowest BCUT2D eigenvalue weighted by atomic mass is 10.0. The minimum Gasteiger partial charge on any atom is -0.454 e. The maximum absolute atomic E-state index is 11.9. The van der Waals surface area contributed by atoms with Gasteiger partial charge in [-0.15, -0.1) is 0 Å². The van der Waals surface area contributed by atoms with Gasteiger partial charge in [0.2, 0.25) is 0 Å². The number of H-pyrrole nitrogens is 1. The van der Waals surface area contributed by atoms with E-state index in [1.807, 2.05) is 31.2 Å². The van der Waals surface area contributed by atoms with Crippen LogP contribution in [0.3, 0.4) is 0 Å². The van der Waals surface area contributed by atoms with Crippen molar-refractivity contribution in [2.24, 2.45) is 11.8 Å². The smallest absolute Gasteiger partial charge is 0.306 e. The van der Waals surface area contributed by atoms with Crippen LogP contribution in [0.2, 0.25) is 0 Å². The van der Waals surface area contributed by atoms with Gasteiger partial charge in [0.15, 0.2) is 6.10 Å². The summed E-state index contributed by atoms with van der Waals surface area (Å²) in [7, 11) is 0. The lowest BCUT2D eigenvalue weighted by Gasteiger charge is -2.13. The first-order chi connectivity index (χ1) is 9.63. The Kier molecular flexibility index (Phi) is 3.47. The molecule has 0 spiro atoms. The molecular weight excluding hydrogens is 252 g/mol. The number of hydrogen-bond donors (Lipinski definition) is 1. The van der Waals surface area contributed by atoms with E-state index in [-0.39, 0.29) is 12.1 Å². The van der Waals surface area contributed by atoms with Gasteiger partial charge in [0.05, 0.1) is 11.0 Å². The summed E-state index contributed by atoms with van der Waals surface area (Å²) in [5, 5.41) is 0. The minimum absolute atomic E-state index is 0.127. The van der Waals surface area contributed by atoms with Crippen LogP contribution in [0, 0.1) is 11.8 Å². The summed E-state index contributed by atoms with van der Waals surface area (Å²) >= 11 is 0. The summed E-state index contributed by atoms with van der Waals surface area (Å²) in [6, 6.07) is 7.81. The molecule has 3 rings (SSSR count). The summed E-state index contributed by atoms with van der Waals surface area (Å²) in [5.41, 5.74) is 1.87. The Labute approximate surface area is 118 Å². The van der Waals surface area contributed by atoms with Crippen molar-refractivity contribution in [3.63, 3.8) is 0 Å². The number of hydrogen-bond acceptors (Lipinski definition) is 3. The average Bonchev–Trinajstić information content (AvgIpc) is 3.17. The number of nitrogens with zero attached hydrogens (tertiary/aromatic N) is 1. The summed E-state index contributed by atoms with van der Waals surface area (Å²) in [4.78, 5) is 19.6. The molecule has 0 unspecified atom stereocenters. The monoisotopic (exact) mass is 272 g/mol. The molecule has 0 radical (unpaired) electrons. The van der Waals surface area contributed by atoms with Crippen LogP contribution in [0.5, 0.6) is 0 Å². The number of fused-ring (bicyclic) bond motifs is 1. The largest absolute Gasteiger partial charge is 0.454 e. The van der Waals surface area contributed by atoms with Crippen LogP contribution >= 0.6 is 0 Å². The van der Waals surface area contributed by atoms with E-state index in [9.17, 15) is 4.79 Å². The predicted octanol–water partition coefficient (Wildman–Crippen LogP) is 3.60. The number of para-hydroxylation sites is 2. The van der Waals surface area contributed by atoms with Crippen molar-refractivity contribution in [1.29, 1.82) is 0 Å². The fourth-order valence-electron chi connectivity index (χ4n) is 2.56. The Morgan fingerprint density at radius 3 is 2.85 bits per heavy atom. The number of imidazole rings is 1. The van der Waals surface area contributed by atoms with Crippen LogP contribution in [-0.2, 0) is 9.53 Å². The van der Waals surface area contributed by atoms with Crippen LogP contribution in [-0.4, -0.2) is 15.9 Å². The number of benzene rings is 1. The first-order valence-corrected chi connectivity index (χ1v) is 7.27. The third kappa shape index (κ3) is 2.84. The third-order valence-corrected chi connectivity index (χ3v) is 4.02. The molecule has 20 heavy (non-hydrogen) atoms. The molecule has 1 aromatic carbocycles. The first kappa shape index (κ1) is 13.2. The summed E-state index contributed by atoms with van der Waals surface area (Å²) in [6.07, 6.45) is 2.69. The van der Waals surface area contributed by atoms with Gasteiger partial charge in [0.25, 0.3) is 0 Å². The highest BCUT2D eigenvalue weighted by molar-refractivity contribution is 5.75. The Morgan fingerprint density at radius 1 is 1.40 bits per heavy atom. The molecule has 106 valence electrons. The van der Waals surface area contributed by atoms with E-state index in [0.29, 0.717) is 18.2 Å². The molecule has 1 aliphatic rings. The van der Waals surface area contributed by atoms with Gasteiger partial charge in [-0.05, 0) is 43.7 Å². The molecule has 1 saturated carbocycles. The summed E-state index contributed by atoms with van der Waals surface area (Å²) in [6.45, 7) is 3.99. The number of aromatic nitrogens is 2. The zero-order valence-corrected chi connectivity index (χ0v) is 11.9. The normalized spacial score (nSPS) is 17.9. The number of carbonyl (C=O) groups excluding carboxylic acids is 1. The fourth-order valence-corrected chi connectivity index (χ4v) is 2.56. The summed E-state index contributed by atoms with van der Waals surface area (Å²) in [5.74, 6) is 1.74. The van der Waals surface area contributed by atoms with Crippen LogP contribution in [0.25, 0.3) is 11.0 Å². The molecule has 0 amide bonds. The zero-order chi connectivity index (χ0) is 14.1. The van der Waals surface area contributed by atoms with Crippen molar-refractivity contribution < 1.29 is 9.53 Å². The molecule has 4 nitrogen and oxygen atoms in total. The van der Waals surface area contributed by atoms with E-state index in [2.05, 4.69) is 16.9 Å². The Bertz CT molecular complexity index is 583. The second-order valence-electron chi connectivity index (χ2n) is 5.79. The van der Waals surface area contributed by atoms with Crippen molar-refractivity contribution in [2.75, 3.05) is 0 Å². The van der Waals surface area contributed by atoms with E-state index in [4.69, 9.17) is 4.74 Å². The van der Waals surface area contributed by atoms with Gasteiger partial charge in [-0.25, -0.2) is 4.98 Å². The number of aromatic amines is 1. The second kappa shape index (κ2) is 5.27. The maximum atomic E-state index is 11.9. The van der Waals surface area contributed by atoms with Gasteiger partial charge < -0.3 is 9.72 Å². The van der Waals surface area contributed by atoms with Crippen LogP contribution in [0.4, 0.5) is 0 Å². The van der Waals surface area contributed by atoms with Crippen molar-refractivity contribution >= 4 is 17.0 Å². The summed E-state index contributed by atoms with van der Waals surface area (Å²) < 4.78 is 5.48. The standard InChI is InChI=1S/C16H20N2O2/c1-10(12-7-8-12)9-15(19)20-11(2)16-17-13-5-3-4-6-14(13)18-16/h3-6,10-12H,7-9H2,1-2H3,(H,17,18)/t10-,11+/m0/s1. The van der Waals surface area contributed by atoms with E-state index in [1.165, 1.54) is 12.8 Å². The van der Waals surface area contributed by atoms with Gasteiger partial charge in [-0.1, -0.05) is 19.1 Å². The van der Waals surface area contributed by atoms with Crippen molar-refractivity contribution in [2.45, 2.75) is 39.2 Å². The topological polar surface area (TPSA) is 55.0 Å². The molecule has 4 heteroatoms. The molecule has 1 fully saturated rings. The van der Waals surface area contributed by atoms with Gasteiger partial charge in [0.1, 0.15) is 5.82 Å². The van der Waals surface area contributed by atoms with E-state index < -0.39 is 0 Å². The number of carbonyl (C=O) groups is 1. The van der Waals surface area contributed by atoms with Gasteiger partial charge in [0, 0.05) is 6.42 Å². The lowest BCUT2D eigenvalue weighted by molar-refractivity contribution is -0.150. The molecule has 1 heterocycles. The highest BCUT2D eigenvalue weighted by Crippen LogP contribution is 2.38. The van der Waals surface area contributed by atoms with E-state index in [0.717, 1.165) is 17.0 Å².